The van der Waals surface area contributed by atoms with E-state index >= 15 is 0 Å². The lowest BCUT2D eigenvalue weighted by Crippen LogP contribution is -2.25. The summed E-state index contributed by atoms with van der Waals surface area (Å²) in [4.78, 5) is 30.5. The van der Waals surface area contributed by atoms with Gasteiger partial charge < -0.3 is 4.74 Å². The molecule has 0 unspecified atom stereocenters. The molecule has 0 saturated carbocycles. The number of benzene rings is 1. The van der Waals surface area contributed by atoms with Crippen molar-refractivity contribution in [2.24, 2.45) is 0 Å². The summed E-state index contributed by atoms with van der Waals surface area (Å²) in [5, 5.41) is 0.734. The van der Waals surface area contributed by atoms with Crippen LogP contribution in [0.3, 0.4) is 0 Å². The third kappa shape index (κ3) is 3.84. The fourth-order valence-corrected chi connectivity index (χ4v) is 3.38. The number of nitrogens with zero attached hydrogens (tertiary/aromatic N) is 3. The van der Waals surface area contributed by atoms with Crippen LogP contribution in [0, 0.1) is 0 Å². The van der Waals surface area contributed by atoms with Gasteiger partial charge in [-0.15, -0.1) is 0 Å². The first kappa shape index (κ1) is 20.2. The second kappa shape index (κ2) is 8.20. The first-order valence-electron chi connectivity index (χ1n) is 8.68. The molecule has 0 aliphatic carbocycles. The van der Waals surface area contributed by atoms with Gasteiger partial charge in [0, 0.05) is 30.8 Å². The van der Waals surface area contributed by atoms with Crippen molar-refractivity contribution in [2.45, 2.75) is 20.3 Å². The Balaban J connectivity index is 1.92. The summed E-state index contributed by atoms with van der Waals surface area (Å²) in [6.45, 7) is 3.26. The van der Waals surface area contributed by atoms with Gasteiger partial charge in [-0.25, -0.2) is 4.98 Å². The van der Waals surface area contributed by atoms with E-state index in [9.17, 15) is 9.59 Å². The zero-order valence-electron chi connectivity index (χ0n) is 15.7. The molecule has 2 aromatic heterocycles. The Labute approximate surface area is 172 Å². The number of ether oxygens (including phenoxy) is 1. The number of anilines is 1. The van der Waals surface area contributed by atoms with Crippen LogP contribution in [0.15, 0.2) is 36.5 Å². The molecule has 0 aliphatic rings. The zero-order valence-corrected chi connectivity index (χ0v) is 17.2. The predicted octanol–water partition coefficient (Wildman–Crippen LogP) is 4.45. The van der Waals surface area contributed by atoms with Gasteiger partial charge in [0.15, 0.2) is 18.0 Å². The van der Waals surface area contributed by atoms with E-state index < -0.39 is 0 Å². The molecule has 3 rings (SSSR count). The van der Waals surface area contributed by atoms with Crippen LogP contribution in [-0.2, 0) is 11.2 Å². The van der Waals surface area contributed by atoms with Crippen molar-refractivity contribution in [1.82, 2.24) is 9.38 Å². The van der Waals surface area contributed by atoms with Crippen LogP contribution < -0.4 is 9.64 Å². The molecule has 0 N–H and O–H groups in total. The molecule has 0 spiro atoms. The number of hydrogen-bond acceptors (Lipinski definition) is 4. The summed E-state index contributed by atoms with van der Waals surface area (Å²) in [5.41, 5.74) is 1.64. The van der Waals surface area contributed by atoms with Crippen molar-refractivity contribution in [2.75, 3.05) is 18.6 Å². The Morgan fingerprint density at radius 3 is 2.64 bits per heavy atom. The zero-order chi connectivity index (χ0) is 20.4. The lowest BCUT2D eigenvalue weighted by molar-refractivity contribution is -0.116. The molecular formula is C20H19Cl2N3O3. The van der Waals surface area contributed by atoms with E-state index in [1.165, 1.54) is 13.0 Å². The molecule has 0 radical (unpaired) electrons. The number of aromatic nitrogens is 2. The number of hydrogen-bond donors (Lipinski definition) is 0. The maximum atomic E-state index is 12.5. The van der Waals surface area contributed by atoms with Crippen molar-refractivity contribution in [1.29, 1.82) is 0 Å². The van der Waals surface area contributed by atoms with Gasteiger partial charge in [0.1, 0.15) is 5.82 Å². The highest BCUT2D eigenvalue weighted by atomic mass is 35.5. The van der Waals surface area contributed by atoms with E-state index in [1.807, 2.05) is 6.92 Å². The van der Waals surface area contributed by atoms with Crippen molar-refractivity contribution >= 4 is 46.4 Å². The van der Waals surface area contributed by atoms with Crippen LogP contribution in [-0.4, -0.2) is 34.7 Å². The van der Waals surface area contributed by atoms with E-state index in [0.717, 1.165) is 5.69 Å². The molecule has 0 atom stereocenters. The fourth-order valence-electron chi connectivity index (χ4n) is 2.87. The Morgan fingerprint density at radius 2 is 2.00 bits per heavy atom. The van der Waals surface area contributed by atoms with Crippen LogP contribution in [0.5, 0.6) is 5.75 Å². The summed E-state index contributed by atoms with van der Waals surface area (Å²) in [6, 6.07) is 8.20. The first-order valence-corrected chi connectivity index (χ1v) is 9.44. The molecule has 1 aromatic carbocycles. The van der Waals surface area contributed by atoms with Gasteiger partial charge in [0.25, 0.3) is 0 Å². The molecule has 0 aliphatic heterocycles. The Hall–Kier alpha value is -2.57. The average molecular weight is 420 g/mol. The third-order valence-corrected chi connectivity index (χ3v) is 4.92. The quantitative estimate of drug-likeness (QED) is 0.553. The number of fused-ring (bicyclic) bond motifs is 1. The molecule has 0 fully saturated rings. The fraction of sp³-hybridized carbons (Fsp3) is 0.250. The minimum atomic E-state index is -0.271. The summed E-state index contributed by atoms with van der Waals surface area (Å²) in [5.74, 6) is 0.753. The second-order valence-corrected chi connectivity index (χ2v) is 7.06. The van der Waals surface area contributed by atoms with Gasteiger partial charge in [-0.1, -0.05) is 30.1 Å². The highest BCUT2D eigenvalue weighted by Gasteiger charge is 2.20. The maximum Gasteiger partial charge on any atom is 0.224 e. The minimum absolute atomic E-state index is 0.102. The standard InChI is InChI=1S/C20H19Cl2N3O3/c1-4-16-20(24(3)12(2)26)25-9-5-6-18(19(25)23-16)28-11-17(27)14-8-7-13(21)10-15(14)22/h5-10H,4,11H2,1-3H3. The topological polar surface area (TPSA) is 63.9 Å². The molecule has 0 bridgehead atoms. The van der Waals surface area contributed by atoms with Gasteiger partial charge in [-0.05, 0) is 36.8 Å². The first-order chi connectivity index (χ1) is 13.3. The van der Waals surface area contributed by atoms with E-state index in [2.05, 4.69) is 4.98 Å². The van der Waals surface area contributed by atoms with Crippen LogP contribution in [0.25, 0.3) is 5.65 Å². The number of carbonyl (C=O) groups is 2. The molecule has 3 aromatic rings. The lowest BCUT2D eigenvalue weighted by atomic mass is 10.1. The number of ketones is 1. The van der Waals surface area contributed by atoms with E-state index in [0.29, 0.717) is 34.2 Å². The van der Waals surface area contributed by atoms with Crippen LogP contribution in [0.2, 0.25) is 10.0 Å². The van der Waals surface area contributed by atoms with Crippen molar-refractivity contribution in [3.8, 4) is 5.75 Å². The SMILES string of the molecule is CCc1nc2c(OCC(=O)c3ccc(Cl)cc3Cl)cccn2c1N(C)C(C)=O. The summed E-state index contributed by atoms with van der Waals surface area (Å²) in [6.07, 6.45) is 2.45. The summed E-state index contributed by atoms with van der Waals surface area (Å²) >= 11 is 12.0. The Kier molecular flexibility index (Phi) is 5.91. The van der Waals surface area contributed by atoms with Crippen LogP contribution in [0.1, 0.15) is 29.9 Å². The van der Waals surface area contributed by atoms with Gasteiger partial charge in [-0.3, -0.25) is 18.9 Å². The van der Waals surface area contributed by atoms with Crippen molar-refractivity contribution in [3.05, 3.63) is 57.8 Å². The molecule has 6 nitrogen and oxygen atoms in total. The molecule has 8 heteroatoms. The normalized spacial score (nSPS) is 10.9. The van der Waals surface area contributed by atoms with Crippen LogP contribution in [0.4, 0.5) is 5.82 Å². The Morgan fingerprint density at radius 1 is 1.25 bits per heavy atom. The number of amides is 1. The molecule has 0 saturated heterocycles. The molecule has 146 valence electrons. The molecule has 1 amide bonds. The largest absolute Gasteiger partial charge is 0.482 e. The number of halogens is 2. The maximum absolute atomic E-state index is 12.5. The summed E-state index contributed by atoms with van der Waals surface area (Å²) in [7, 11) is 1.70. The number of rotatable bonds is 6. The van der Waals surface area contributed by atoms with Gasteiger partial charge in [0.05, 0.1) is 10.7 Å². The van der Waals surface area contributed by atoms with E-state index in [-0.39, 0.29) is 23.3 Å². The van der Waals surface area contributed by atoms with Gasteiger partial charge >= 0.3 is 0 Å². The summed E-state index contributed by atoms with van der Waals surface area (Å²) < 4.78 is 7.53. The number of imidazole rings is 1. The molecular weight excluding hydrogens is 401 g/mol. The monoisotopic (exact) mass is 419 g/mol. The molecule has 2 heterocycles. The number of Topliss-reactive ketones (excluding diaryl/α,β-unsaturated/α-hetero) is 1. The highest BCUT2D eigenvalue weighted by Crippen LogP contribution is 2.28. The second-order valence-electron chi connectivity index (χ2n) is 6.22. The van der Waals surface area contributed by atoms with Gasteiger partial charge in [-0.2, -0.15) is 0 Å². The highest BCUT2D eigenvalue weighted by molar-refractivity contribution is 6.36. The minimum Gasteiger partial charge on any atom is -0.482 e. The van der Waals surface area contributed by atoms with Crippen molar-refractivity contribution < 1.29 is 14.3 Å². The Bertz CT molecular complexity index is 1060. The van der Waals surface area contributed by atoms with Crippen LogP contribution >= 0.6 is 23.2 Å². The third-order valence-electron chi connectivity index (χ3n) is 4.37. The van der Waals surface area contributed by atoms with Gasteiger partial charge in [0.2, 0.25) is 11.7 Å². The number of carbonyl (C=O) groups excluding carboxylic acids is 2. The smallest absolute Gasteiger partial charge is 0.224 e. The number of pyridine rings is 1. The average Bonchev–Trinajstić information content (AvgIpc) is 3.04. The van der Waals surface area contributed by atoms with Crippen molar-refractivity contribution in [3.63, 3.8) is 0 Å². The van der Waals surface area contributed by atoms with E-state index in [1.54, 1.807) is 46.8 Å². The van der Waals surface area contributed by atoms with E-state index in [4.69, 9.17) is 27.9 Å². The predicted molar refractivity (Wildman–Crippen MR) is 110 cm³/mol. The lowest BCUT2D eigenvalue weighted by Gasteiger charge is -2.16. The number of aryl methyl sites for hydroxylation is 1. The molecule has 28 heavy (non-hydrogen) atoms.